The Balaban J connectivity index is 1.41. The number of nitrogens with zero attached hydrogens (tertiary/aromatic N) is 3. The average Bonchev–Trinajstić information content (AvgIpc) is 2.79. The van der Waals surface area contributed by atoms with E-state index in [1.54, 1.807) is 30.3 Å². The van der Waals surface area contributed by atoms with Crippen LogP contribution in [-0.4, -0.2) is 35.7 Å². The zero-order chi connectivity index (χ0) is 20.2. The van der Waals surface area contributed by atoms with Gasteiger partial charge in [0, 0.05) is 18.8 Å². The first-order valence-electron chi connectivity index (χ1n) is 9.29. The number of ether oxygens (including phenoxy) is 1. The molecule has 2 heterocycles. The molecule has 0 fully saturated rings. The molecule has 2 aromatic carbocycles. The van der Waals surface area contributed by atoms with Crippen molar-refractivity contribution >= 4 is 23.4 Å². The summed E-state index contributed by atoms with van der Waals surface area (Å²) in [7, 11) is 1.32. The molecule has 1 aliphatic rings. The van der Waals surface area contributed by atoms with Crippen LogP contribution in [0.25, 0.3) is 0 Å². The van der Waals surface area contributed by atoms with Crippen LogP contribution in [0.4, 0.5) is 11.5 Å². The second-order valence-electron chi connectivity index (χ2n) is 6.74. The smallest absolute Gasteiger partial charge is 0.337 e. The minimum absolute atomic E-state index is 0.225. The monoisotopic (exact) mass is 388 g/mol. The Morgan fingerprint density at radius 1 is 0.966 bits per heavy atom. The number of benzene rings is 2. The minimum atomic E-state index is -0.426. The van der Waals surface area contributed by atoms with Gasteiger partial charge < -0.3 is 15.0 Å². The molecule has 146 valence electrons. The molecule has 3 aromatic rings. The number of amides is 1. The van der Waals surface area contributed by atoms with Crippen LogP contribution in [0.3, 0.4) is 0 Å². The van der Waals surface area contributed by atoms with Crippen molar-refractivity contribution < 1.29 is 14.3 Å². The number of hydrogen-bond acceptors (Lipinski definition) is 6. The van der Waals surface area contributed by atoms with Gasteiger partial charge in [0.25, 0.3) is 5.91 Å². The molecule has 29 heavy (non-hydrogen) atoms. The van der Waals surface area contributed by atoms with Crippen molar-refractivity contribution in [3.8, 4) is 0 Å². The Labute approximate surface area is 168 Å². The largest absolute Gasteiger partial charge is 0.465 e. The summed E-state index contributed by atoms with van der Waals surface area (Å²) in [5.74, 6) is -0.0398. The molecular formula is C22H20N4O3. The highest BCUT2D eigenvalue weighted by atomic mass is 16.5. The molecular weight excluding hydrogens is 368 g/mol. The van der Waals surface area contributed by atoms with E-state index in [-0.39, 0.29) is 11.6 Å². The second-order valence-corrected chi connectivity index (χ2v) is 6.74. The maximum Gasteiger partial charge on any atom is 0.337 e. The molecule has 0 bridgehead atoms. The number of hydrogen-bond donors (Lipinski definition) is 1. The van der Waals surface area contributed by atoms with Crippen LogP contribution in [0, 0.1) is 0 Å². The van der Waals surface area contributed by atoms with Gasteiger partial charge >= 0.3 is 5.97 Å². The molecule has 0 unspecified atom stereocenters. The van der Waals surface area contributed by atoms with E-state index in [0.29, 0.717) is 11.3 Å². The summed E-state index contributed by atoms with van der Waals surface area (Å²) >= 11 is 0. The van der Waals surface area contributed by atoms with E-state index in [4.69, 9.17) is 0 Å². The number of nitrogens with one attached hydrogen (secondary N) is 1. The molecule has 7 nitrogen and oxygen atoms in total. The van der Waals surface area contributed by atoms with E-state index in [1.165, 1.54) is 18.2 Å². The van der Waals surface area contributed by atoms with Gasteiger partial charge in [0.05, 0.1) is 12.7 Å². The van der Waals surface area contributed by atoms with Gasteiger partial charge in [-0.3, -0.25) is 4.79 Å². The number of fused-ring (bicyclic) bond motifs is 1. The number of esters is 1. The van der Waals surface area contributed by atoms with Crippen LogP contribution in [0.1, 0.15) is 32.0 Å². The first-order chi connectivity index (χ1) is 14.1. The summed E-state index contributed by atoms with van der Waals surface area (Å²) < 4.78 is 4.66. The van der Waals surface area contributed by atoms with Crippen molar-refractivity contribution in [2.24, 2.45) is 0 Å². The van der Waals surface area contributed by atoms with E-state index in [0.717, 1.165) is 25.3 Å². The highest BCUT2D eigenvalue weighted by Gasteiger charge is 2.18. The zero-order valence-corrected chi connectivity index (χ0v) is 16.0. The lowest BCUT2D eigenvalue weighted by atomic mass is 10.00. The first-order valence-corrected chi connectivity index (χ1v) is 9.29. The Hall–Kier alpha value is -3.74. The second kappa shape index (κ2) is 8.10. The predicted molar refractivity (Wildman–Crippen MR) is 109 cm³/mol. The summed E-state index contributed by atoms with van der Waals surface area (Å²) in [6.45, 7) is 1.65. The van der Waals surface area contributed by atoms with Crippen molar-refractivity contribution in [1.29, 1.82) is 0 Å². The van der Waals surface area contributed by atoms with Gasteiger partial charge in [0.2, 0.25) is 0 Å². The van der Waals surface area contributed by atoms with Gasteiger partial charge in [-0.05, 0) is 53.9 Å². The summed E-state index contributed by atoms with van der Waals surface area (Å²) in [6.07, 6.45) is 0.960. The molecule has 0 saturated carbocycles. The molecule has 0 radical (unpaired) electrons. The van der Waals surface area contributed by atoms with Gasteiger partial charge in [0.1, 0.15) is 0 Å². The highest BCUT2D eigenvalue weighted by Crippen LogP contribution is 2.22. The molecule has 7 heteroatoms. The zero-order valence-electron chi connectivity index (χ0n) is 16.0. The first kappa shape index (κ1) is 18.6. The van der Waals surface area contributed by atoms with Crippen molar-refractivity contribution in [3.63, 3.8) is 0 Å². The SMILES string of the molecule is COC(=O)c1ccc(NC(=O)c2ccc(N3CCc4ccccc4C3)nn2)cc1. The minimum Gasteiger partial charge on any atom is -0.465 e. The lowest BCUT2D eigenvalue weighted by Gasteiger charge is -2.29. The molecule has 1 aliphatic heterocycles. The summed E-state index contributed by atoms with van der Waals surface area (Å²) in [4.78, 5) is 26.0. The Morgan fingerprint density at radius 3 is 2.41 bits per heavy atom. The van der Waals surface area contributed by atoms with Gasteiger partial charge in [-0.25, -0.2) is 4.79 Å². The quantitative estimate of drug-likeness (QED) is 0.692. The molecule has 0 saturated heterocycles. The summed E-state index contributed by atoms with van der Waals surface area (Å²) in [5.41, 5.74) is 3.85. The fourth-order valence-corrected chi connectivity index (χ4v) is 3.31. The maximum absolute atomic E-state index is 12.4. The number of carbonyl (C=O) groups excluding carboxylic acids is 2. The topological polar surface area (TPSA) is 84.4 Å². The Bertz CT molecular complexity index is 1030. The third kappa shape index (κ3) is 4.08. The fourth-order valence-electron chi connectivity index (χ4n) is 3.31. The van der Waals surface area contributed by atoms with Crippen molar-refractivity contribution in [2.45, 2.75) is 13.0 Å². The van der Waals surface area contributed by atoms with Gasteiger partial charge in [0.15, 0.2) is 11.5 Å². The van der Waals surface area contributed by atoms with Gasteiger partial charge in [-0.1, -0.05) is 24.3 Å². The van der Waals surface area contributed by atoms with Crippen LogP contribution in [0.2, 0.25) is 0 Å². The Kier molecular flexibility index (Phi) is 5.20. The van der Waals surface area contributed by atoms with E-state index < -0.39 is 5.97 Å². The summed E-state index contributed by atoms with van der Waals surface area (Å²) in [6, 6.07) is 18.3. The molecule has 1 N–H and O–H groups in total. The lowest BCUT2D eigenvalue weighted by Crippen LogP contribution is -2.31. The third-order valence-electron chi connectivity index (χ3n) is 4.90. The third-order valence-corrected chi connectivity index (χ3v) is 4.90. The number of anilines is 2. The van der Waals surface area contributed by atoms with Crippen LogP contribution >= 0.6 is 0 Å². The number of carbonyl (C=O) groups is 2. The number of methoxy groups -OCH3 is 1. The van der Waals surface area contributed by atoms with Crippen LogP contribution < -0.4 is 10.2 Å². The van der Waals surface area contributed by atoms with Crippen LogP contribution in [0.5, 0.6) is 0 Å². The van der Waals surface area contributed by atoms with E-state index in [9.17, 15) is 9.59 Å². The molecule has 4 rings (SSSR count). The Morgan fingerprint density at radius 2 is 1.72 bits per heavy atom. The van der Waals surface area contributed by atoms with Crippen LogP contribution in [-0.2, 0) is 17.7 Å². The van der Waals surface area contributed by atoms with E-state index in [2.05, 4.69) is 43.4 Å². The lowest BCUT2D eigenvalue weighted by molar-refractivity contribution is 0.0600. The van der Waals surface area contributed by atoms with E-state index >= 15 is 0 Å². The number of aromatic nitrogens is 2. The predicted octanol–water partition coefficient (Wildman–Crippen LogP) is 3.08. The highest BCUT2D eigenvalue weighted by molar-refractivity contribution is 6.03. The fraction of sp³-hybridized carbons (Fsp3) is 0.182. The van der Waals surface area contributed by atoms with E-state index in [1.807, 2.05) is 12.1 Å². The molecule has 0 spiro atoms. The molecule has 0 aliphatic carbocycles. The van der Waals surface area contributed by atoms with Crippen molar-refractivity contribution in [3.05, 3.63) is 83.0 Å². The normalized spacial score (nSPS) is 12.8. The average molecular weight is 388 g/mol. The van der Waals surface area contributed by atoms with Crippen molar-refractivity contribution in [1.82, 2.24) is 10.2 Å². The number of rotatable bonds is 4. The van der Waals surface area contributed by atoms with Crippen LogP contribution in [0.15, 0.2) is 60.7 Å². The molecule has 0 atom stereocenters. The van der Waals surface area contributed by atoms with Gasteiger partial charge in [-0.15, -0.1) is 10.2 Å². The van der Waals surface area contributed by atoms with Gasteiger partial charge in [-0.2, -0.15) is 0 Å². The maximum atomic E-state index is 12.4. The summed E-state index contributed by atoms with van der Waals surface area (Å²) in [5, 5.41) is 11.1. The molecule has 1 aromatic heterocycles. The standard InChI is InChI=1S/C22H20N4O3/c1-29-22(28)16-6-8-18(9-7-16)23-21(27)19-10-11-20(25-24-19)26-13-12-15-4-2-3-5-17(15)14-26/h2-11H,12-14H2,1H3,(H,23,27). The van der Waals surface area contributed by atoms with Crippen molar-refractivity contribution in [2.75, 3.05) is 23.9 Å². The molecule has 1 amide bonds.